The number of rotatable bonds is 3. The molecule has 2 nitrogen and oxygen atoms in total. The molecule has 1 saturated heterocycles. The van der Waals surface area contributed by atoms with Gasteiger partial charge in [-0.25, -0.2) is 0 Å². The first-order valence-corrected chi connectivity index (χ1v) is 7.27. The summed E-state index contributed by atoms with van der Waals surface area (Å²) in [6.07, 6.45) is 3.63. The molecular formula is C15H17Cl2NO. The van der Waals surface area contributed by atoms with E-state index < -0.39 is 0 Å². The number of benzene rings is 1. The molecule has 1 aromatic carbocycles. The van der Waals surface area contributed by atoms with Gasteiger partial charge < -0.3 is 0 Å². The Balaban J connectivity index is 2.19. The number of piperidine rings is 1. The third-order valence-electron chi connectivity index (χ3n) is 3.23. The minimum Gasteiger partial charge on any atom is -0.299 e. The largest absolute Gasteiger partial charge is 0.299 e. The van der Waals surface area contributed by atoms with Crippen molar-refractivity contribution in [3.63, 3.8) is 0 Å². The molecule has 19 heavy (non-hydrogen) atoms. The highest BCUT2D eigenvalue weighted by Crippen LogP contribution is 2.24. The second-order valence-electron chi connectivity index (χ2n) is 4.79. The molecule has 0 saturated carbocycles. The lowest BCUT2D eigenvalue weighted by Gasteiger charge is -2.27. The van der Waals surface area contributed by atoms with Crippen LogP contribution in [0.15, 0.2) is 23.8 Å². The third-order valence-corrected chi connectivity index (χ3v) is 3.97. The van der Waals surface area contributed by atoms with E-state index in [0.717, 1.165) is 37.2 Å². The quantitative estimate of drug-likeness (QED) is 0.784. The smallest absolute Gasteiger partial charge is 0.161 e. The van der Waals surface area contributed by atoms with Gasteiger partial charge >= 0.3 is 0 Å². The van der Waals surface area contributed by atoms with Gasteiger partial charge in [-0.2, -0.15) is 0 Å². The van der Waals surface area contributed by atoms with Gasteiger partial charge in [0.05, 0.1) is 10.0 Å². The van der Waals surface area contributed by atoms with Crippen LogP contribution >= 0.6 is 23.2 Å². The predicted molar refractivity (Wildman–Crippen MR) is 80.8 cm³/mol. The van der Waals surface area contributed by atoms with Crippen molar-refractivity contribution in [2.75, 3.05) is 19.6 Å². The first kappa shape index (κ1) is 14.6. The summed E-state index contributed by atoms with van der Waals surface area (Å²) in [6.45, 7) is 4.78. The molecule has 0 aliphatic carbocycles. The number of halogens is 2. The standard InChI is InChI=1S/C15H17Cl2NO/c1-2-6-18-7-5-15(19)12(10-18)8-11-3-4-13(16)14(17)9-11/h3-4,8-9H,2,5-7,10H2,1H3/b12-8+. The number of ketones is 1. The summed E-state index contributed by atoms with van der Waals surface area (Å²) in [5.74, 6) is 0.235. The third kappa shape index (κ3) is 3.82. The van der Waals surface area contributed by atoms with Crippen LogP contribution in [0.3, 0.4) is 0 Å². The van der Waals surface area contributed by atoms with Crippen molar-refractivity contribution in [3.05, 3.63) is 39.4 Å². The number of carbonyl (C=O) groups excluding carboxylic acids is 1. The Kier molecular flexibility index (Phi) is 5.03. The molecule has 1 fully saturated rings. The number of hydrogen-bond acceptors (Lipinski definition) is 2. The summed E-state index contributed by atoms with van der Waals surface area (Å²) >= 11 is 11.9. The summed E-state index contributed by atoms with van der Waals surface area (Å²) in [4.78, 5) is 14.3. The number of hydrogen-bond donors (Lipinski definition) is 0. The minimum absolute atomic E-state index is 0.235. The van der Waals surface area contributed by atoms with Crippen LogP contribution in [0, 0.1) is 0 Å². The molecule has 2 rings (SSSR count). The van der Waals surface area contributed by atoms with Gasteiger partial charge in [-0.05, 0) is 36.7 Å². The van der Waals surface area contributed by atoms with Crippen LogP contribution < -0.4 is 0 Å². The Morgan fingerprint density at radius 3 is 2.79 bits per heavy atom. The summed E-state index contributed by atoms with van der Waals surface area (Å²) in [6, 6.07) is 5.43. The predicted octanol–water partition coefficient (Wildman–Crippen LogP) is 4.06. The van der Waals surface area contributed by atoms with Gasteiger partial charge in [0.25, 0.3) is 0 Å². The van der Waals surface area contributed by atoms with Gasteiger partial charge in [0.1, 0.15) is 0 Å². The van der Waals surface area contributed by atoms with E-state index in [1.165, 1.54) is 0 Å². The SMILES string of the molecule is CCCN1CCC(=O)/C(=C/c2ccc(Cl)c(Cl)c2)C1. The molecule has 0 amide bonds. The molecule has 0 atom stereocenters. The highest BCUT2D eigenvalue weighted by atomic mass is 35.5. The highest BCUT2D eigenvalue weighted by molar-refractivity contribution is 6.42. The van der Waals surface area contributed by atoms with E-state index in [2.05, 4.69) is 11.8 Å². The first-order valence-electron chi connectivity index (χ1n) is 6.51. The van der Waals surface area contributed by atoms with Crippen molar-refractivity contribution in [3.8, 4) is 0 Å². The molecule has 0 radical (unpaired) electrons. The van der Waals surface area contributed by atoms with E-state index in [9.17, 15) is 4.79 Å². The topological polar surface area (TPSA) is 20.3 Å². The zero-order chi connectivity index (χ0) is 13.8. The van der Waals surface area contributed by atoms with E-state index in [1.807, 2.05) is 12.1 Å². The van der Waals surface area contributed by atoms with Crippen molar-refractivity contribution in [2.45, 2.75) is 19.8 Å². The van der Waals surface area contributed by atoms with Crippen molar-refractivity contribution >= 4 is 35.1 Å². The van der Waals surface area contributed by atoms with Gasteiger partial charge in [-0.15, -0.1) is 0 Å². The fraction of sp³-hybridized carbons (Fsp3) is 0.400. The monoisotopic (exact) mass is 297 g/mol. The van der Waals surface area contributed by atoms with E-state index in [1.54, 1.807) is 12.1 Å². The van der Waals surface area contributed by atoms with E-state index in [4.69, 9.17) is 23.2 Å². The molecule has 0 bridgehead atoms. The average molecular weight is 298 g/mol. The molecule has 4 heteroatoms. The molecular weight excluding hydrogens is 281 g/mol. The average Bonchev–Trinajstić information content (AvgIpc) is 2.38. The molecule has 0 aromatic heterocycles. The van der Waals surface area contributed by atoms with Crippen molar-refractivity contribution < 1.29 is 4.79 Å². The number of nitrogens with zero attached hydrogens (tertiary/aromatic N) is 1. The van der Waals surface area contributed by atoms with E-state index in [-0.39, 0.29) is 5.78 Å². The maximum atomic E-state index is 11.9. The Morgan fingerprint density at radius 1 is 1.32 bits per heavy atom. The summed E-state index contributed by atoms with van der Waals surface area (Å²) < 4.78 is 0. The van der Waals surface area contributed by atoms with Crippen LogP contribution in [-0.2, 0) is 4.79 Å². The second-order valence-corrected chi connectivity index (χ2v) is 5.61. The molecule has 1 heterocycles. The first-order chi connectivity index (χ1) is 9.10. The van der Waals surface area contributed by atoms with Crippen LogP contribution in [0.25, 0.3) is 6.08 Å². The van der Waals surface area contributed by atoms with Crippen molar-refractivity contribution in [1.29, 1.82) is 0 Å². The number of carbonyl (C=O) groups is 1. The van der Waals surface area contributed by atoms with Gasteiger partial charge in [0, 0.05) is 25.1 Å². The van der Waals surface area contributed by atoms with Crippen molar-refractivity contribution in [2.24, 2.45) is 0 Å². The van der Waals surface area contributed by atoms with Crippen LogP contribution in [0.4, 0.5) is 0 Å². The molecule has 0 unspecified atom stereocenters. The van der Waals surface area contributed by atoms with E-state index in [0.29, 0.717) is 16.5 Å². The number of Topliss-reactive ketones (excluding diaryl/α,β-unsaturated/α-hetero) is 1. The van der Waals surface area contributed by atoms with Gasteiger partial charge in [0.15, 0.2) is 5.78 Å². The van der Waals surface area contributed by atoms with Gasteiger partial charge in [0.2, 0.25) is 0 Å². The lowest BCUT2D eigenvalue weighted by Crippen LogP contribution is -2.36. The van der Waals surface area contributed by atoms with Crippen LogP contribution in [0.2, 0.25) is 10.0 Å². The zero-order valence-corrected chi connectivity index (χ0v) is 12.5. The number of likely N-dealkylation sites (tertiary alicyclic amines) is 1. The second kappa shape index (κ2) is 6.56. The maximum absolute atomic E-state index is 11.9. The maximum Gasteiger partial charge on any atom is 0.161 e. The molecule has 1 aromatic rings. The fourth-order valence-corrected chi connectivity index (χ4v) is 2.57. The lowest BCUT2D eigenvalue weighted by atomic mass is 10.0. The molecule has 0 N–H and O–H groups in total. The summed E-state index contributed by atoms with van der Waals surface area (Å²) in [5.41, 5.74) is 1.79. The minimum atomic E-state index is 0.235. The molecule has 1 aliphatic rings. The summed E-state index contributed by atoms with van der Waals surface area (Å²) in [7, 11) is 0. The Hall–Kier alpha value is -0.830. The Morgan fingerprint density at radius 2 is 2.11 bits per heavy atom. The van der Waals surface area contributed by atoms with E-state index >= 15 is 0 Å². The van der Waals surface area contributed by atoms with Crippen LogP contribution in [0.1, 0.15) is 25.3 Å². The lowest BCUT2D eigenvalue weighted by molar-refractivity contribution is -0.117. The zero-order valence-electron chi connectivity index (χ0n) is 11.0. The Labute approximate surface area is 124 Å². The van der Waals surface area contributed by atoms with Crippen LogP contribution in [0.5, 0.6) is 0 Å². The highest BCUT2D eigenvalue weighted by Gasteiger charge is 2.20. The van der Waals surface area contributed by atoms with Gasteiger partial charge in [-0.1, -0.05) is 36.2 Å². The van der Waals surface area contributed by atoms with Gasteiger partial charge in [-0.3, -0.25) is 9.69 Å². The fourth-order valence-electron chi connectivity index (χ4n) is 2.26. The Bertz CT molecular complexity index is 511. The normalized spacial score (nSPS) is 19.1. The molecule has 102 valence electrons. The summed E-state index contributed by atoms with van der Waals surface area (Å²) in [5, 5.41) is 1.05. The molecule has 0 spiro atoms. The van der Waals surface area contributed by atoms with Crippen LogP contribution in [-0.4, -0.2) is 30.3 Å². The molecule has 1 aliphatic heterocycles. The van der Waals surface area contributed by atoms with Crippen molar-refractivity contribution in [1.82, 2.24) is 4.90 Å².